The van der Waals surface area contributed by atoms with Crippen LogP contribution in [0.4, 0.5) is 0 Å². The van der Waals surface area contributed by atoms with Crippen molar-refractivity contribution in [3.63, 3.8) is 0 Å². The van der Waals surface area contributed by atoms with Gasteiger partial charge in [0.15, 0.2) is 5.76 Å². The molecule has 1 aliphatic heterocycles. The summed E-state index contributed by atoms with van der Waals surface area (Å²) >= 11 is 0. The normalized spacial score (nSPS) is 16.1. The van der Waals surface area contributed by atoms with Crippen LogP contribution in [0.25, 0.3) is 0 Å². The van der Waals surface area contributed by atoms with E-state index in [4.69, 9.17) is 9.15 Å². The lowest BCUT2D eigenvalue weighted by atomic mass is 10.0. The molecule has 10 heteroatoms. The Morgan fingerprint density at radius 1 is 1.09 bits per heavy atom. The molecule has 0 saturated carbocycles. The van der Waals surface area contributed by atoms with Crippen molar-refractivity contribution in [2.45, 2.75) is 31.7 Å². The van der Waals surface area contributed by atoms with Gasteiger partial charge in [0, 0.05) is 26.2 Å². The molecule has 3 rings (SSSR count). The first kappa shape index (κ1) is 23.8. The molecule has 2 amide bonds. The van der Waals surface area contributed by atoms with Crippen molar-refractivity contribution in [1.29, 1.82) is 0 Å². The van der Waals surface area contributed by atoms with Gasteiger partial charge in [-0.05, 0) is 49.2 Å². The summed E-state index contributed by atoms with van der Waals surface area (Å²) in [7, 11) is -3.67. The number of rotatable bonds is 8. The minimum absolute atomic E-state index is 0.134. The van der Waals surface area contributed by atoms with Crippen molar-refractivity contribution in [1.82, 2.24) is 14.5 Å². The third-order valence-electron chi connectivity index (χ3n) is 5.29. The van der Waals surface area contributed by atoms with Gasteiger partial charge >= 0.3 is 0 Å². The molecule has 174 valence electrons. The van der Waals surface area contributed by atoms with E-state index in [1.165, 1.54) is 28.8 Å². The number of hydrogen-bond donors (Lipinski definition) is 1. The van der Waals surface area contributed by atoms with Gasteiger partial charge in [-0.2, -0.15) is 4.31 Å². The average Bonchev–Trinajstić information content (AvgIpc) is 3.32. The molecule has 1 N–H and O–H groups in total. The largest absolute Gasteiger partial charge is 0.494 e. The Labute approximate surface area is 188 Å². The molecule has 0 unspecified atom stereocenters. The topological polar surface area (TPSA) is 109 Å². The number of carbonyl (C=O) groups excluding carboxylic acids is 2. The molecule has 32 heavy (non-hydrogen) atoms. The number of amides is 2. The van der Waals surface area contributed by atoms with E-state index in [9.17, 15) is 18.0 Å². The van der Waals surface area contributed by atoms with Crippen molar-refractivity contribution >= 4 is 21.8 Å². The lowest BCUT2D eigenvalue weighted by Crippen LogP contribution is -2.57. The maximum absolute atomic E-state index is 13.1. The van der Waals surface area contributed by atoms with Gasteiger partial charge in [-0.25, -0.2) is 8.42 Å². The molecule has 9 nitrogen and oxygen atoms in total. The van der Waals surface area contributed by atoms with Crippen molar-refractivity contribution in [3.05, 3.63) is 48.4 Å². The van der Waals surface area contributed by atoms with Crippen molar-refractivity contribution in [2.24, 2.45) is 5.92 Å². The maximum Gasteiger partial charge on any atom is 0.287 e. The highest BCUT2D eigenvalue weighted by atomic mass is 32.2. The molecule has 1 aliphatic rings. The number of nitrogens with zero attached hydrogens (tertiary/aromatic N) is 2. The zero-order valence-electron chi connectivity index (χ0n) is 18.5. The van der Waals surface area contributed by atoms with Crippen LogP contribution in [0.2, 0.25) is 0 Å². The van der Waals surface area contributed by atoms with Crippen LogP contribution in [0.1, 0.15) is 31.3 Å². The Bertz CT molecular complexity index is 1010. The van der Waals surface area contributed by atoms with Crippen molar-refractivity contribution in [2.75, 3.05) is 32.8 Å². The summed E-state index contributed by atoms with van der Waals surface area (Å²) in [5, 5.41) is 2.73. The molecular formula is C22H29N3O6S. The van der Waals surface area contributed by atoms with Crippen LogP contribution in [-0.2, 0) is 14.8 Å². The van der Waals surface area contributed by atoms with E-state index >= 15 is 0 Å². The summed E-state index contributed by atoms with van der Waals surface area (Å²) < 4.78 is 37.8. The predicted molar refractivity (Wildman–Crippen MR) is 118 cm³/mol. The lowest BCUT2D eigenvalue weighted by Gasteiger charge is -2.36. The van der Waals surface area contributed by atoms with E-state index < -0.39 is 22.0 Å². The summed E-state index contributed by atoms with van der Waals surface area (Å²) in [6, 6.07) is 8.71. The monoisotopic (exact) mass is 463 g/mol. The van der Waals surface area contributed by atoms with E-state index in [1.54, 1.807) is 23.1 Å². The minimum Gasteiger partial charge on any atom is -0.494 e. The van der Waals surface area contributed by atoms with Gasteiger partial charge in [0.1, 0.15) is 11.8 Å². The summed E-state index contributed by atoms with van der Waals surface area (Å²) in [5.74, 6) is -0.100. The predicted octanol–water partition coefficient (Wildman–Crippen LogP) is 1.97. The van der Waals surface area contributed by atoms with E-state index in [-0.39, 0.29) is 48.7 Å². The minimum atomic E-state index is -3.67. The molecule has 2 heterocycles. The highest BCUT2D eigenvalue weighted by molar-refractivity contribution is 7.89. The van der Waals surface area contributed by atoms with Crippen LogP contribution in [0.5, 0.6) is 5.75 Å². The Balaban J connectivity index is 1.63. The van der Waals surface area contributed by atoms with Gasteiger partial charge in [0.2, 0.25) is 15.9 Å². The summed E-state index contributed by atoms with van der Waals surface area (Å²) in [4.78, 5) is 27.2. The zero-order chi connectivity index (χ0) is 23.3. The highest BCUT2D eigenvalue weighted by Gasteiger charge is 2.34. The number of carbonyl (C=O) groups is 2. The van der Waals surface area contributed by atoms with Crippen LogP contribution >= 0.6 is 0 Å². The molecule has 0 radical (unpaired) electrons. The number of furan rings is 1. The van der Waals surface area contributed by atoms with E-state index in [0.717, 1.165) is 0 Å². The lowest BCUT2D eigenvalue weighted by molar-refractivity contribution is -0.135. The van der Waals surface area contributed by atoms with E-state index in [1.807, 2.05) is 20.8 Å². The van der Waals surface area contributed by atoms with Crippen LogP contribution in [-0.4, -0.2) is 68.3 Å². The SMILES string of the molecule is CCOc1ccc(S(=O)(=O)N2CCN(C(=O)[C@@H](NC(=O)c3ccco3)C(C)C)CC2)cc1. The number of benzene rings is 1. The fourth-order valence-corrected chi connectivity index (χ4v) is 4.92. The first-order chi connectivity index (χ1) is 15.2. The summed E-state index contributed by atoms with van der Waals surface area (Å²) in [5.41, 5.74) is 0. The second-order valence-electron chi connectivity index (χ2n) is 7.81. The second-order valence-corrected chi connectivity index (χ2v) is 9.74. The van der Waals surface area contributed by atoms with Gasteiger partial charge in [-0.15, -0.1) is 0 Å². The molecule has 1 atom stereocenters. The van der Waals surface area contributed by atoms with Crippen molar-refractivity contribution in [3.8, 4) is 5.75 Å². The molecule has 1 fully saturated rings. The van der Waals surface area contributed by atoms with Gasteiger partial charge in [-0.3, -0.25) is 9.59 Å². The molecular weight excluding hydrogens is 434 g/mol. The molecule has 2 aromatic rings. The number of sulfonamides is 1. The van der Waals surface area contributed by atoms with Crippen LogP contribution in [0.3, 0.4) is 0 Å². The van der Waals surface area contributed by atoms with Crippen LogP contribution < -0.4 is 10.1 Å². The quantitative estimate of drug-likeness (QED) is 0.641. The number of piperazine rings is 1. The fraction of sp³-hybridized carbons (Fsp3) is 0.455. The number of nitrogens with one attached hydrogen (secondary N) is 1. The third kappa shape index (κ3) is 5.31. The Morgan fingerprint density at radius 3 is 2.28 bits per heavy atom. The van der Waals surface area contributed by atoms with E-state index in [0.29, 0.717) is 12.4 Å². The molecule has 0 spiro atoms. The van der Waals surface area contributed by atoms with Gasteiger partial charge in [0.05, 0.1) is 17.8 Å². The molecule has 0 aliphatic carbocycles. The Hall–Kier alpha value is -2.85. The zero-order valence-corrected chi connectivity index (χ0v) is 19.3. The molecule has 1 aromatic heterocycles. The van der Waals surface area contributed by atoms with Gasteiger partial charge in [0.25, 0.3) is 5.91 Å². The first-order valence-electron chi connectivity index (χ1n) is 10.6. The molecule has 1 aromatic carbocycles. The second kappa shape index (κ2) is 10.2. The molecule has 1 saturated heterocycles. The van der Waals surface area contributed by atoms with Crippen LogP contribution in [0, 0.1) is 5.92 Å². The van der Waals surface area contributed by atoms with Crippen LogP contribution in [0.15, 0.2) is 52.0 Å². The average molecular weight is 464 g/mol. The van der Waals surface area contributed by atoms with Gasteiger partial charge < -0.3 is 19.4 Å². The first-order valence-corrected chi connectivity index (χ1v) is 12.0. The smallest absolute Gasteiger partial charge is 0.287 e. The number of ether oxygens (including phenoxy) is 1. The highest BCUT2D eigenvalue weighted by Crippen LogP contribution is 2.21. The summed E-state index contributed by atoms with van der Waals surface area (Å²) in [6.07, 6.45) is 1.39. The fourth-order valence-electron chi connectivity index (χ4n) is 3.50. The Kier molecular flexibility index (Phi) is 7.57. The van der Waals surface area contributed by atoms with Crippen molar-refractivity contribution < 1.29 is 27.2 Å². The van der Waals surface area contributed by atoms with Gasteiger partial charge in [-0.1, -0.05) is 13.8 Å². The summed E-state index contributed by atoms with van der Waals surface area (Å²) in [6.45, 7) is 6.90. The third-order valence-corrected chi connectivity index (χ3v) is 7.20. The van der Waals surface area contributed by atoms with E-state index in [2.05, 4.69) is 5.32 Å². The molecule has 0 bridgehead atoms. The number of hydrogen-bond acceptors (Lipinski definition) is 6. The standard InChI is InChI=1S/C22H29N3O6S/c1-4-30-17-7-9-18(10-8-17)32(28,29)25-13-11-24(12-14-25)22(27)20(16(2)3)23-21(26)19-6-5-15-31-19/h5-10,15-16,20H,4,11-14H2,1-3H3,(H,23,26)/t20-/m0/s1. The Morgan fingerprint density at radius 2 is 1.75 bits per heavy atom. The maximum atomic E-state index is 13.1.